The van der Waals surface area contributed by atoms with E-state index in [1.165, 1.54) is 17.5 Å². The number of methoxy groups -OCH3 is 1. The number of rotatable bonds is 6. The van der Waals surface area contributed by atoms with Gasteiger partial charge in [0.1, 0.15) is 10.6 Å². The molecule has 0 atom stereocenters. The van der Waals surface area contributed by atoms with E-state index in [9.17, 15) is 8.42 Å². The van der Waals surface area contributed by atoms with Crippen molar-refractivity contribution in [2.45, 2.75) is 23.8 Å². The van der Waals surface area contributed by atoms with Gasteiger partial charge in [-0.15, -0.1) is 6.58 Å². The normalized spacial score (nSPS) is 15.3. The first-order valence-corrected chi connectivity index (χ1v) is 8.41. The number of nitrogens with two attached hydrogens (primary N) is 1. The predicted octanol–water partition coefficient (Wildman–Crippen LogP) is 2.38. The maximum absolute atomic E-state index is 12.8. The highest BCUT2D eigenvalue weighted by Crippen LogP contribution is 2.37. The summed E-state index contributed by atoms with van der Waals surface area (Å²) < 4.78 is 32.8. The van der Waals surface area contributed by atoms with Gasteiger partial charge >= 0.3 is 0 Å². The summed E-state index contributed by atoms with van der Waals surface area (Å²) in [5.74, 6) is 0.279. The van der Waals surface area contributed by atoms with E-state index in [-0.39, 0.29) is 23.2 Å². The second-order valence-electron chi connectivity index (χ2n) is 4.62. The van der Waals surface area contributed by atoms with Crippen molar-refractivity contribution >= 4 is 31.6 Å². The molecule has 1 fully saturated rings. The summed E-state index contributed by atoms with van der Waals surface area (Å²) in [6.07, 6.45) is 3.34. The third-order valence-corrected chi connectivity index (χ3v) is 5.76. The molecule has 0 amide bonds. The number of anilines is 1. The van der Waals surface area contributed by atoms with Crippen LogP contribution in [0.25, 0.3) is 0 Å². The summed E-state index contributed by atoms with van der Waals surface area (Å²) in [7, 11) is -2.21. The highest BCUT2D eigenvalue weighted by Gasteiger charge is 2.38. The molecule has 1 aromatic carbocycles. The fourth-order valence-electron chi connectivity index (χ4n) is 1.97. The summed E-state index contributed by atoms with van der Waals surface area (Å²) in [5, 5.41) is 0. The van der Waals surface area contributed by atoms with Gasteiger partial charge in [-0.2, -0.15) is 4.31 Å². The molecule has 0 radical (unpaired) electrons. The number of halogens is 1. The lowest BCUT2D eigenvalue weighted by molar-refractivity contribution is 0.394. The van der Waals surface area contributed by atoms with Gasteiger partial charge in [-0.05, 0) is 40.9 Å². The van der Waals surface area contributed by atoms with Crippen LogP contribution in [0.4, 0.5) is 5.69 Å². The number of benzene rings is 1. The molecule has 1 aliphatic carbocycles. The summed E-state index contributed by atoms with van der Waals surface area (Å²) in [5.41, 5.74) is 6.16. The molecule has 0 spiro atoms. The van der Waals surface area contributed by atoms with Gasteiger partial charge in [0, 0.05) is 22.7 Å². The maximum atomic E-state index is 12.8. The third-order valence-electron chi connectivity index (χ3n) is 3.13. The second kappa shape index (κ2) is 5.75. The minimum atomic E-state index is -3.65. The molecule has 20 heavy (non-hydrogen) atoms. The summed E-state index contributed by atoms with van der Waals surface area (Å²) in [6, 6.07) is 3.05. The highest BCUT2D eigenvalue weighted by atomic mass is 79.9. The Morgan fingerprint density at radius 1 is 1.55 bits per heavy atom. The van der Waals surface area contributed by atoms with Crippen LogP contribution >= 0.6 is 15.9 Å². The Labute approximate surface area is 127 Å². The van der Waals surface area contributed by atoms with Crippen LogP contribution in [-0.4, -0.2) is 32.4 Å². The molecule has 0 bridgehead atoms. The molecular formula is C13H17BrN2O3S. The SMILES string of the molecule is C=CCN(C1CC1)S(=O)(=O)c1cc(N)c(Br)cc1OC. The van der Waals surface area contributed by atoms with Crippen molar-refractivity contribution in [3.05, 3.63) is 29.3 Å². The van der Waals surface area contributed by atoms with Crippen LogP contribution in [-0.2, 0) is 10.0 Å². The van der Waals surface area contributed by atoms with Gasteiger partial charge in [-0.1, -0.05) is 6.08 Å². The molecule has 0 aromatic heterocycles. The number of hydrogen-bond donors (Lipinski definition) is 1. The molecule has 1 aromatic rings. The Morgan fingerprint density at radius 2 is 2.20 bits per heavy atom. The molecule has 0 aliphatic heterocycles. The molecule has 1 aliphatic rings. The smallest absolute Gasteiger partial charge is 0.247 e. The standard InChI is InChI=1S/C13H17BrN2O3S/c1-3-6-16(9-4-5-9)20(17,18)13-8-11(15)10(14)7-12(13)19-2/h3,7-9H,1,4-6,15H2,2H3. The molecule has 0 unspecified atom stereocenters. The van der Waals surface area contributed by atoms with Crippen LogP contribution in [0.1, 0.15) is 12.8 Å². The minimum Gasteiger partial charge on any atom is -0.495 e. The van der Waals surface area contributed by atoms with E-state index in [1.807, 2.05) is 0 Å². The molecule has 2 rings (SSSR count). The van der Waals surface area contributed by atoms with Crippen LogP contribution in [0.2, 0.25) is 0 Å². The minimum absolute atomic E-state index is 0.0487. The molecule has 110 valence electrons. The monoisotopic (exact) mass is 360 g/mol. The number of ether oxygens (including phenoxy) is 1. The van der Waals surface area contributed by atoms with E-state index >= 15 is 0 Å². The van der Waals surface area contributed by atoms with Crippen molar-refractivity contribution in [3.8, 4) is 5.75 Å². The molecule has 5 nitrogen and oxygen atoms in total. The first-order chi connectivity index (χ1) is 9.41. The molecule has 0 saturated heterocycles. The Kier molecular flexibility index (Phi) is 4.41. The lowest BCUT2D eigenvalue weighted by atomic mass is 10.3. The van der Waals surface area contributed by atoms with E-state index in [0.29, 0.717) is 10.2 Å². The topological polar surface area (TPSA) is 72.6 Å². The van der Waals surface area contributed by atoms with Crippen molar-refractivity contribution < 1.29 is 13.2 Å². The Bertz CT molecular complexity index is 627. The molecule has 1 saturated carbocycles. The lowest BCUT2D eigenvalue weighted by Gasteiger charge is -2.22. The zero-order valence-corrected chi connectivity index (χ0v) is 13.6. The summed E-state index contributed by atoms with van der Waals surface area (Å²) >= 11 is 3.27. The van der Waals surface area contributed by atoms with Crippen molar-refractivity contribution in [2.75, 3.05) is 19.4 Å². The van der Waals surface area contributed by atoms with E-state index in [1.54, 1.807) is 12.1 Å². The lowest BCUT2D eigenvalue weighted by Crippen LogP contribution is -2.33. The summed E-state index contributed by atoms with van der Waals surface area (Å²) in [4.78, 5) is 0.0921. The van der Waals surface area contributed by atoms with E-state index < -0.39 is 10.0 Å². The largest absolute Gasteiger partial charge is 0.495 e. The van der Waals surface area contributed by atoms with Crippen LogP contribution in [0, 0.1) is 0 Å². The fraction of sp³-hybridized carbons (Fsp3) is 0.385. The van der Waals surface area contributed by atoms with Crippen LogP contribution in [0.3, 0.4) is 0 Å². The zero-order chi connectivity index (χ0) is 14.9. The summed E-state index contributed by atoms with van der Waals surface area (Å²) in [6.45, 7) is 3.91. The third kappa shape index (κ3) is 2.84. The van der Waals surface area contributed by atoms with Gasteiger partial charge in [0.25, 0.3) is 0 Å². The fourth-order valence-corrected chi connectivity index (χ4v) is 4.12. The maximum Gasteiger partial charge on any atom is 0.247 e. The molecule has 7 heteroatoms. The number of nitrogen functional groups attached to an aromatic ring is 1. The molecule has 2 N–H and O–H groups in total. The average Bonchev–Trinajstić information content (AvgIpc) is 3.22. The zero-order valence-electron chi connectivity index (χ0n) is 11.2. The van der Waals surface area contributed by atoms with Crippen LogP contribution in [0.15, 0.2) is 34.2 Å². The first kappa shape index (κ1) is 15.3. The van der Waals surface area contributed by atoms with Crippen LogP contribution in [0.5, 0.6) is 5.75 Å². The van der Waals surface area contributed by atoms with Crippen LogP contribution < -0.4 is 10.5 Å². The second-order valence-corrected chi connectivity index (χ2v) is 7.33. The van der Waals surface area contributed by atoms with Crippen molar-refractivity contribution in [2.24, 2.45) is 0 Å². The van der Waals surface area contributed by atoms with E-state index in [0.717, 1.165) is 12.8 Å². The van der Waals surface area contributed by atoms with Crippen molar-refractivity contribution in [1.82, 2.24) is 4.31 Å². The van der Waals surface area contributed by atoms with Gasteiger partial charge in [0.2, 0.25) is 10.0 Å². The van der Waals surface area contributed by atoms with Gasteiger partial charge in [-0.25, -0.2) is 8.42 Å². The van der Waals surface area contributed by atoms with E-state index in [2.05, 4.69) is 22.5 Å². The Balaban J connectivity index is 2.52. The van der Waals surface area contributed by atoms with Crippen molar-refractivity contribution in [1.29, 1.82) is 0 Å². The highest BCUT2D eigenvalue weighted by molar-refractivity contribution is 9.10. The number of hydrogen-bond acceptors (Lipinski definition) is 4. The predicted molar refractivity (Wildman–Crippen MR) is 82.2 cm³/mol. The quantitative estimate of drug-likeness (QED) is 0.624. The Morgan fingerprint density at radius 3 is 2.70 bits per heavy atom. The van der Waals surface area contributed by atoms with Gasteiger partial charge in [0.05, 0.1) is 7.11 Å². The van der Waals surface area contributed by atoms with E-state index in [4.69, 9.17) is 10.5 Å². The first-order valence-electron chi connectivity index (χ1n) is 6.17. The van der Waals surface area contributed by atoms with Crippen molar-refractivity contribution in [3.63, 3.8) is 0 Å². The average molecular weight is 361 g/mol. The Hall–Kier alpha value is -1.05. The number of sulfonamides is 1. The molecule has 0 heterocycles. The molecular weight excluding hydrogens is 344 g/mol. The van der Waals surface area contributed by atoms with Gasteiger partial charge in [0.15, 0.2) is 0 Å². The van der Waals surface area contributed by atoms with Gasteiger partial charge < -0.3 is 10.5 Å². The number of nitrogens with zero attached hydrogens (tertiary/aromatic N) is 1. The van der Waals surface area contributed by atoms with Gasteiger partial charge in [-0.3, -0.25) is 0 Å².